The first-order valence-corrected chi connectivity index (χ1v) is 17.1. The number of nitrogens with one attached hydrogen (secondary N) is 1. The Morgan fingerprint density at radius 1 is 1.02 bits per heavy atom. The fourth-order valence-electron chi connectivity index (χ4n) is 5.15. The van der Waals surface area contributed by atoms with Crippen LogP contribution in [0.1, 0.15) is 42.4 Å². The first kappa shape index (κ1) is 32.3. The van der Waals surface area contributed by atoms with E-state index >= 15 is 0 Å². The minimum absolute atomic E-state index is 0.0125. The molecule has 0 spiro atoms. The smallest absolute Gasteiger partial charge is 0.244 e. The molecule has 1 aliphatic carbocycles. The van der Waals surface area contributed by atoms with E-state index in [2.05, 4.69) is 21.2 Å². The Morgan fingerprint density at radius 3 is 2.33 bits per heavy atom. The van der Waals surface area contributed by atoms with Crippen molar-refractivity contribution in [1.29, 1.82) is 0 Å². The fourth-order valence-corrected chi connectivity index (χ4v) is 6.71. The molecule has 1 aliphatic rings. The Kier molecular flexibility index (Phi) is 11.0. The van der Waals surface area contributed by atoms with Gasteiger partial charge in [-0.15, -0.1) is 0 Å². The van der Waals surface area contributed by atoms with Crippen molar-refractivity contribution < 1.29 is 18.0 Å². The van der Waals surface area contributed by atoms with Crippen LogP contribution in [0.2, 0.25) is 10.0 Å². The normalized spacial score (nSPS) is 14.4. The SMILES string of the molecule is Cc1cc(N(CC(=O)N(Cc2ccc(Cl)cc2Cl)[C@H](Cc2ccccc2)C(=O)NC2CCCC2)S(C)(=O)=O)ccc1Br. The molecule has 2 amide bonds. The van der Waals surface area contributed by atoms with Crippen molar-refractivity contribution in [3.8, 4) is 0 Å². The molecule has 224 valence electrons. The quantitative estimate of drug-likeness (QED) is 0.247. The predicted molar refractivity (Wildman–Crippen MR) is 172 cm³/mol. The number of sulfonamides is 1. The van der Waals surface area contributed by atoms with Crippen LogP contribution in [0.5, 0.6) is 0 Å². The van der Waals surface area contributed by atoms with Crippen LogP contribution in [0.4, 0.5) is 5.69 Å². The second kappa shape index (κ2) is 14.3. The first-order chi connectivity index (χ1) is 19.9. The van der Waals surface area contributed by atoms with E-state index in [0.717, 1.165) is 51.8 Å². The molecule has 1 atom stereocenters. The molecule has 1 N–H and O–H groups in total. The van der Waals surface area contributed by atoms with E-state index in [9.17, 15) is 18.0 Å². The molecule has 11 heteroatoms. The minimum Gasteiger partial charge on any atom is -0.352 e. The summed E-state index contributed by atoms with van der Waals surface area (Å²) in [6.45, 7) is 1.34. The summed E-state index contributed by atoms with van der Waals surface area (Å²) in [6, 6.07) is 18.6. The van der Waals surface area contributed by atoms with Gasteiger partial charge in [-0.2, -0.15) is 0 Å². The number of nitrogens with zero attached hydrogens (tertiary/aromatic N) is 2. The van der Waals surface area contributed by atoms with Crippen molar-refractivity contribution in [1.82, 2.24) is 10.2 Å². The molecule has 0 saturated heterocycles. The summed E-state index contributed by atoms with van der Waals surface area (Å²) in [5.74, 6) is -0.816. The van der Waals surface area contributed by atoms with Gasteiger partial charge in [0.05, 0.1) is 11.9 Å². The molecule has 0 aromatic heterocycles. The van der Waals surface area contributed by atoms with Crippen molar-refractivity contribution in [3.05, 3.63) is 97.9 Å². The number of rotatable bonds is 11. The molecule has 42 heavy (non-hydrogen) atoms. The maximum atomic E-state index is 14.2. The maximum Gasteiger partial charge on any atom is 0.244 e. The molecular weight excluding hydrogens is 661 g/mol. The lowest BCUT2D eigenvalue weighted by Crippen LogP contribution is -2.54. The number of benzene rings is 3. The number of hydrogen-bond donors (Lipinski definition) is 1. The third kappa shape index (κ3) is 8.49. The summed E-state index contributed by atoms with van der Waals surface area (Å²) in [7, 11) is -3.86. The Bertz CT molecular complexity index is 1530. The average molecular weight is 696 g/mol. The van der Waals surface area contributed by atoms with E-state index in [0.29, 0.717) is 21.3 Å². The standard InChI is InChI=1S/C31H34BrCl2N3O4S/c1-21-16-26(14-15-27(21)32)37(42(2,40)41)20-30(38)36(19-23-12-13-24(33)18-28(23)34)29(17-22-8-4-3-5-9-22)31(39)35-25-10-6-7-11-25/h3-5,8-9,12-16,18,25,29H,6-7,10-11,17,19-20H2,1-2H3,(H,35,39)/t29-/m1/s1. The zero-order valence-corrected chi connectivity index (χ0v) is 27.4. The largest absolute Gasteiger partial charge is 0.352 e. The van der Waals surface area contributed by atoms with Crippen LogP contribution >= 0.6 is 39.1 Å². The van der Waals surface area contributed by atoms with Gasteiger partial charge in [0.2, 0.25) is 21.8 Å². The summed E-state index contributed by atoms with van der Waals surface area (Å²) < 4.78 is 27.9. The van der Waals surface area contributed by atoms with Gasteiger partial charge < -0.3 is 10.2 Å². The maximum absolute atomic E-state index is 14.2. The van der Waals surface area contributed by atoms with Gasteiger partial charge in [-0.25, -0.2) is 8.42 Å². The fraction of sp³-hybridized carbons (Fsp3) is 0.355. The molecular formula is C31H34BrCl2N3O4S. The highest BCUT2D eigenvalue weighted by Crippen LogP contribution is 2.27. The molecule has 0 radical (unpaired) electrons. The third-order valence-electron chi connectivity index (χ3n) is 7.44. The van der Waals surface area contributed by atoms with Crippen molar-refractivity contribution in [2.24, 2.45) is 0 Å². The summed E-state index contributed by atoms with van der Waals surface area (Å²) >= 11 is 16.1. The van der Waals surface area contributed by atoms with Crippen LogP contribution in [0.3, 0.4) is 0 Å². The Morgan fingerprint density at radius 2 is 1.71 bits per heavy atom. The van der Waals surface area contributed by atoms with Crippen molar-refractivity contribution in [2.45, 2.75) is 57.7 Å². The summed E-state index contributed by atoms with van der Waals surface area (Å²) in [5.41, 5.74) is 2.63. The number of halogens is 3. The third-order valence-corrected chi connectivity index (χ3v) is 10.1. The van der Waals surface area contributed by atoms with Gasteiger partial charge in [-0.3, -0.25) is 13.9 Å². The first-order valence-electron chi connectivity index (χ1n) is 13.7. The molecule has 0 unspecified atom stereocenters. The molecule has 3 aromatic carbocycles. The highest BCUT2D eigenvalue weighted by Gasteiger charge is 2.34. The molecule has 4 rings (SSSR count). The number of hydrogen-bond acceptors (Lipinski definition) is 4. The van der Waals surface area contributed by atoms with Crippen LogP contribution in [0.25, 0.3) is 0 Å². The molecule has 3 aromatic rings. The van der Waals surface area contributed by atoms with Gasteiger partial charge in [0.1, 0.15) is 12.6 Å². The summed E-state index contributed by atoms with van der Waals surface area (Å²) in [4.78, 5) is 29.6. The van der Waals surface area contributed by atoms with Crippen LogP contribution in [0, 0.1) is 6.92 Å². The number of aryl methyl sites for hydroxylation is 1. The lowest BCUT2D eigenvalue weighted by molar-refractivity contribution is -0.140. The van der Waals surface area contributed by atoms with Crippen molar-refractivity contribution in [2.75, 3.05) is 17.1 Å². The van der Waals surface area contributed by atoms with Crippen LogP contribution in [-0.4, -0.2) is 50.0 Å². The number of carbonyl (C=O) groups is 2. The summed E-state index contributed by atoms with van der Waals surface area (Å²) in [5, 5.41) is 3.93. The van der Waals surface area contributed by atoms with Crippen molar-refractivity contribution >= 4 is 66.7 Å². The second-order valence-corrected chi connectivity index (χ2v) is 14.3. The zero-order valence-electron chi connectivity index (χ0n) is 23.5. The predicted octanol–water partition coefficient (Wildman–Crippen LogP) is 6.53. The molecule has 1 fully saturated rings. The second-order valence-electron chi connectivity index (χ2n) is 10.7. The molecule has 1 saturated carbocycles. The highest BCUT2D eigenvalue weighted by molar-refractivity contribution is 9.10. The van der Waals surface area contributed by atoms with E-state index in [-0.39, 0.29) is 24.9 Å². The lowest BCUT2D eigenvalue weighted by atomic mass is 10.0. The molecule has 7 nitrogen and oxygen atoms in total. The molecule has 0 aliphatic heterocycles. The van der Waals surface area contributed by atoms with Gasteiger partial charge in [0, 0.05) is 33.5 Å². The molecule has 0 bridgehead atoms. The molecule has 0 heterocycles. The van der Waals surface area contributed by atoms with Gasteiger partial charge in [-0.1, -0.05) is 88.4 Å². The number of anilines is 1. The number of amides is 2. The van der Waals surface area contributed by atoms with E-state index < -0.39 is 28.5 Å². The van der Waals surface area contributed by atoms with E-state index in [1.54, 1.807) is 36.4 Å². The zero-order chi connectivity index (χ0) is 30.4. The van der Waals surface area contributed by atoms with Gasteiger partial charge in [0.15, 0.2) is 0 Å². The van der Waals surface area contributed by atoms with Crippen LogP contribution < -0.4 is 9.62 Å². The average Bonchev–Trinajstić information content (AvgIpc) is 3.45. The van der Waals surface area contributed by atoms with Crippen molar-refractivity contribution in [3.63, 3.8) is 0 Å². The van der Waals surface area contributed by atoms with Crippen LogP contribution in [-0.2, 0) is 32.6 Å². The Labute approximate surface area is 266 Å². The minimum atomic E-state index is -3.86. The monoisotopic (exact) mass is 693 g/mol. The summed E-state index contributed by atoms with van der Waals surface area (Å²) in [6.07, 6.45) is 5.14. The topological polar surface area (TPSA) is 86.8 Å². The number of carbonyl (C=O) groups excluding carboxylic acids is 2. The Balaban J connectivity index is 1.75. The Hall–Kier alpha value is -2.59. The van der Waals surface area contributed by atoms with E-state index in [1.807, 2.05) is 37.3 Å². The van der Waals surface area contributed by atoms with Gasteiger partial charge in [-0.05, 0) is 66.8 Å². The lowest BCUT2D eigenvalue weighted by Gasteiger charge is -2.34. The van der Waals surface area contributed by atoms with E-state index in [4.69, 9.17) is 23.2 Å². The van der Waals surface area contributed by atoms with Gasteiger partial charge in [0.25, 0.3) is 0 Å². The van der Waals surface area contributed by atoms with Gasteiger partial charge >= 0.3 is 0 Å². The highest BCUT2D eigenvalue weighted by atomic mass is 79.9. The van der Waals surface area contributed by atoms with Crippen LogP contribution in [0.15, 0.2) is 71.2 Å². The van der Waals surface area contributed by atoms with E-state index in [1.165, 1.54) is 4.90 Å².